The van der Waals surface area contributed by atoms with Crippen molar-refractivity contribution in [3.63, 3.8) is 0 Å². The molecule has 3 heteroatoms. The van der Waals surface area contributed by atoms with Gasteiger partial charge in [0.15, 0.2) is 0 Å². The van der Waals surface area contributed by atoms with E-state index in [0.717, 1.165) is 18.6 Å². The molecule has 2 nitrogen and oxygen atoms in total. The summed E-state index contributed by atoms with van der Waals surface area (Å²) < 4.78 is 1.25. The number of nitrogens with zero attached hydrogens (tertiary/aromatic N) is 1. The van der Waals surface area contributed by atoms with Crippen LogP contribution >= 0.6 is 22.6 Å². The molecule has 1 aromatic carbocycles. The van der Waals surface area contributed by atoms with Gasteiger partial charge in [0.1, 0.15) is 0 Å². The minimum Gasteiger partial charge on any atom is -0.313 e. The lowest BCUT2D eigenvalue weighted by atomic mass is 10.1. The summed E-state index contributed by atoms with van der Waals surface area (Å²) in [6, 6.07) is 10.5. The number of unbranched alkanes of at least 4 members (excludes halogenated alkanes) is 1. The monoisotopic (exact) mass is 340 g/mol. The van der Waals surface area contributed by atoms with E-state index in [1.807, 2.05) is 12.3 Å². The van der Waals surface area contributed by atoms with Crippen LogP contribution in [-0.2, 0) is 6.54 Å². The predicted octanol–water partition coefficient (Wildman–Crippen LogP) is 3.54. The van der Waals surface area contributed by atoms with Crippen LogP contribution in [0.3, 0.4) is 0 Å². The molecule has 17 heavy (non-hydrogen) atoms. The topological polar surface area (TPSA) is 24.9 Å². The number of aromatic nitrogens is 1. The fourth-order valence-electron chi connectivity index (χ4n) is 1.88. The van der Waals surface area contributed by atoms with Crippen molar-refractivity contribution in [2.45, 2.75) is 19.4 Å². The van der Waals surface area contributed by atoms with Crippen molar-refractivity contribution in [1.29, 1.82) is 0 Å². The molecule has 0 unspecified atom stereocenters. The van der Waals surface area contributed by atoms with Crippen molar-refractivity contribution >= 4 is 33.5 Å². The third-order valence-electron chi connectivity index (χ3n) is 2.77. The molecule has 2 aromatic rings. The summed E-state index contributed by atoms with van der Waals surface area (Å²) in [6.07, 6.45) is 4.41. The fourth-order valence-corrected chi connectivity index (χ4v) is 2.42. The van der Waals surface area contributed by atoms with Crippen molar-refractivity contribution < 1.29 is 0 Å². The molecule has 0 spiro atoms. The van der Waals surface area contributed by atoms with E-state index in [1.165, 1.54) is 28.2 Å². The van der Waals surface area contributed by atoms with E-state index in [0.29, 0.717) is 0 Å². The van der Waals surface area contributed by atoms with Crippen LogP contribution in [0, 0.1) is 0 Å². The van der Waals surface area contributed by atoms with E-state index in [2.05, 4.69) is 57.2 Å². The molecular weight excluding hydrogens is 323 g/mol. The first-order valence-corrected chi connectivity index (χ1v) is 7.53. The number of para-hydroxylation sites is 1. The molecule has 0 fully saturated rings. The Morgan fingerprint density at radius 3 is 2.88 bits per heavy atom. The number of benzene rings is 1. The molecule has 0 saturated heterocycles. The maximum absolute atomic E-state index is 4.46. The zero-order chi connectivity index (χ0) is 11.9. The van der Waals surface area contributed by atoms with Crippen LogP contribution in [0.4, 0.5) is 0 Å². The molecule has 0 saturated carbocycles. The van der Waals surface area contributed by atoms with Gasteiger partial charge in [-0.1, -0.05) is 46.9 Å². The molecule has 1 aromatic heterocycles. The van der Waals surface area contributed by atoms with Crippen LogP contribution in [0.1, 0.15) is 18.4 Å². The first-order valence-electron chi connectivity index (χ1n) is 6.01. The van der Waals surface area contributed by atoms with Gasteiger partial charge in [0, 0.05) is 18.1 Å². The minimum absolute atomic E-state index is 0.912. The summed E-state index contributed by atoms with van der Waals surface area (Å²) in [5, 5.41) is 4.71. The molecule has 0 aliphatic rings. The van der Waals surface area contributed by atoms with Gasteiger partial charge in [-0.2, -0.15) is 0 Å². The van der Waals surface area contributed by atoms with Gasteiger partial charge in [0.25, 0.3) is 0 Å². The first kappa shape index (κ1) is 12.8. The Bertz CT molecular complexity index is 465. The Balaban J connectivity index is 1.98. The number of hydrogen-bond donors (Lipinski definition) is 1. The maximum atomic E-state index is 4.46. The summed E-state index contributed by atoms with van der Waals surface area (Å²) >= 11 is 2.42. The smallest absolute Gasteiger partial charge is 0.0746 e. The van der Waals surface area contributed by atoms with E-state index in [1.54, 1.807) is 0 Å². The molecule has 90 valence electrons. The maximum Gasteiger partial charge on any atom is 0.0746 e. The summed E-state index contributed by atoms with van der Waals surface area (Å²) in [5.74, 6) is 0. The number of nitrogens with one attached hydrogen (secondary N) is 1. The van der Waals surface area contributed by atoms with E-state index in [9.17, 15) is 0 Å². The Hall–Kier alpha value is -0.680. The zero-order valence-corrected chi connectivity index (χ0v) is 12.0. The number of fused-ring (bicyclic) bond motifs is 1. The second kappa shape index (κ2) is 6.91. The highest BCUT2D eigenvalue weighted by molar-refractivity contribution is 14.1. The van der Waals surface area contributed by atoms with Gasteiger partial charge in [-0.25, -0.2) is 0 Å². The van der Waals surface area contributed by atoms with Crippen molar-refractivity contribution in [2.75, 3.05) is 11.0 Å². The predicted molar refractivity (Wildman–Crippen MR) is 81.6 cm³/mol. The molecule has 1 heterocycles. The molecule has 0 aliphatic heterocycles. The van der Waals surface area contributed by atoms with E-state index >= 15 is 0 Å². The Morgan fingerprint density at radius 1 is 1.12 bits per heavy atom. The highest BCUT2D eigenvalue weighted by Gasteiger charge is 2.00. The van der Waals surface area contributed by atoms with Gasteiger partial charge in [-0.3, -0.25) is 4.98 Å². The average molecular weight is 340 g/mol. The Labute approximate surface area is 116 Å². The van der Waals surface area contributed by atoms with Crippen molar-refractivity contribution in [3.8, 4) is 0 Å². The number of hydrogen-bond acceptors (Lipinski definition) is 2. The third kappa shape index (κ3) is 3.64. The summed E-state index contributed by atoms with van der Waals surface area (Å²) in [7, 11) is 0. The van der Waals surface area contributed by atoms with Crippen molar-refractivity contribution in [2.24, 2.45) is 0 Å². The lowest BCUT2D eigenvalue weighted by Crippen LogP contribution is -2.15. The van der Waals surface area contributed by atoms with Crippen LogP contribution in [0.5, 0.6) is 0 Å². The molecule has 0 atom stereocenters. The van der Waals surface area contributed by atoms with Gasteiger partial charge in [0.05, 0.1) is 5.52 Å². The molecular formula is C14H17IN2. The quantitative estimate of drug-likeness (QED) is 0.494. The second-order valence-corrected chi connectivity index (χ2v) is 5.14. The van der Waals surface area contributed by atoms with Gasteiger partial charge in [0.2, 0.25) is 0 Å². The van der Waals surface area contributed by atoms with Crippen LogP contribution in [0.25, 0.3) is 10.9 Å². The molecule has 2 rings (SSSR count). The molecule has 1 N–H and O–H groups in total. The first-order chi connectivity index (χ1) is 8.42. The zero-order valence-electron chi connectivity index (χ0n) is 9.82. The third-order valence-corrected chi connectivity index (χ3v) is 3.53. The lowest BCUT2D eigenvalue weighted by molar-refractivity contribution is 0.647. The summed E-state index contributed by atoms with van der Waals surface area (Å²) in [6.45, 7) is 2.00. The highest BCUT2D eigenvalue weighted by Crippen LogP contribution is 2.15. The average Bonchev–Trinajstić information content (AvgIpc) is 2.39. The number of halogens is 1. The number of pyridine rings is 1. The van der Waals surface area contributed by atoms with E-state index in [-0.39, 0.29) is 0 Å². The molecule has 0 bridgehead atoms. The minimum atomic E-state index is 0.912. The second-order valence-electron chi connectivity index (χ2n) is 4.07. The van der Waals surface area contributed by atoms with Crippen molar-refractivity contribution in [3.05, 3.63) is 42.1 Å². The number of alkyl halides is 1. The normalized spacial score (nSPS) is 10.9. The van der Waals surface area contributed by atoms with Crippen LogP contribution in [-0.4, -0.2) is 16.0 Å². The fraction of sp³-hybridized carbons (Fsp3) is 0.357. The molecule has 0 amide bonds. The largest absolute Gasteiger partial charge is 0.313 e. The van der Waals surface area contributed by atoms with E-state index in [4.69, 9.17) is 0 Å². The van der Waals surface area contributed by atoms with Crippen molar-refractivity contribution in [1.82, 2.24) is 10.3 Å². The van der Waals surface area contributed by atoms with E-state index < -0.39 is 0 Å². The van der Waals surface area contributed by atoms with Gasteiger partial charge in [-0.05, 0) is 35.4 Å². The standard InChI is InChI=1S/C14H17IN2/c15-8-1-2-9-16-11-13-6-3-5-12-7-4-10-17-14(12)13/h3-7,10,16H,1-2,8-9,11H2. The van der Waals surface area contributed by atoms with Gasteiger partial charge in [-0.15, -0.1) is 0 Å². The van der Waals surface area contributed by atoms with Gasteiger partial charge >= 0.3 is 0 Å². The number of rotatable bonds is 6. The van der Waals surface area contributed by atoms with Crippen LogP contribution in [0.2, 0.25) is 0 Å². The van der Waals surface area contributed by atoms with Crippen LogP contribution < -0.4 is 5.32 Å². The molecule has 0 radical (unpaired) electrons. The Kier molecular flexibility index (Phi) is 5.19. The summed E-state index contributed by atoms with van der Waals surface area (Å²) in [4.78, 5) is 4.46. The highest BCUT2D eigenvalue weighted by atomic mass is 127. The lowest BCUT2D eigenvalue weighted by Gasteiger charge is -2.07. The van der Waals surface area contributed by atoms with Gasteiger partial charge < -0.3 is 5.32 Å². The Morgan fingerprint density at radius 2 is 2.00 bits per heavy atom. The summed E-state index contributed by atoms with van der Waals surface area (Å²) in [5.41, 5.74) is 2.41. The molecule has 0 aliphatic carbocycles. The van der Waals surface area contributed by atoms with Crippen LogP contribution in [0.15, 0.2) is 36.5 Å². The SMILES string of the molecule is ICCCCNCc1cccc2cccnc12.